The molecule has 33 heavy (non-hydrogen) atoms. The van der Waals surface area contributed by atoms with Gasteiger partial charge >= 0.3 is 0 Å². The van der Waals surface area contributed by atoms with Gasteiger partial charge in [0.2, 0.25) is 5.95 Å². The third-order valence-corrected chi connectivity index (χ3v) is 6.00. The van der Waals surface area contributed by atoms with E-state index in [9.17, 15) is 0 Å². The number of benzene rings is 1. The summed E-state index contributed by atoms with van der Waals surface area (Å²) in [5.74, 6) is 1.44. The molecule has 0 amide bonds. The third kappa shape index (κ3) is 5.56. The highest BCUT2D eigenvalue weighted by molar-refractivity contribution is 5.74. The van der Waals surface area contributed by atoms with Crippen LogP contribution in [-0.4, -0.2) is 39.0 Å². The number of anilines is 2. The predicted molar refractivity (Wildman–Crippen MR) is 130 cm³/mol. The van der Waals surface area contributed by atoms with Crippen LogP contribution in [-0.2, 0) is 13.1 Å². The minimum Gasteiger partial charge on any atom is -0.472 e. The highest BCUT2D eigenvalue weighted by atomic mass is 16.3. The molecule has 0 unspecified atom stereocenters. The van der Waals surface area contributed by atoms with Crippen molar-refractivity contribution in [3.05, 3.63) is 90.8 Å². The maximum absolute atomic E-state index is 5.31. The van der Waals surface area contributed by atoms with Crippen molar-refractivity contribution in [2.24, 2.45) is 0 Å². The van der Waals surface area contributed by atoms with Crippen molar-refractivity contribution >= 4 is 11.8 Å². The Kier molecular flexibility index (Phi) is 6.58. The normalized spacial score (nSPS) is 14.8. The maximum atomic E-state index is 5.31. The average molecular weight is 441 g/mol. The first-order valence-corrected chi connectivity index (χ1v) is 11.4. The molecule has 4 aromatic rings. The number of furan rings is 1. The first kappa shape index (κ1) is 21.2. The SMILES string of the molecule is c1ccc(CN2CCC(Nc3nc(NCc4ccncc4)ncc3-c3ccoc3)CC2)cc1. The summed E-state index contributed by atoms with van der Waals surface area (Å²) in [6, 6.07) is 16.9. The molecule has 7 nitrogen and oxygen atoms in total. The maximum Gasteiger partial charge on any atom is 0.224 e. The van der Waals surface area contributed by atoms with Gasteiger partial charge in [-0.2, -0.15) is 4.98 Å². The van der Waals surface area contributed by atoms with E-state index in [4.69, 9.17) is 9.40 Å². The number of aromatic nitrogens is 3. The van der Waals surface area contributed by atoms with Crippen LogP contribution in [0.25, 0.3) is 11.1 Å². The summed E-state index contributed by atoms with van der Waals surface area (Å²) < 4.78 is 5.31. The number of pyridine rings is 1. The molecule has 0 aliphatic carbocycles. The Hall–Kier alpha value is -3.71. The Labute approximate surface area is 193 Å². The summed E-state index contributed by atoms with van der Waals surface area (Å²) in [6.07, 6.45) is 11.0. The summed E-state index contributed by atoms with van der Waals surface area (Å²) >= 11 is 0. The summed E-state index contributed by atoms with van der Waals surface area (Å²) in [5, 5.41) is 7.02. The van der Waals surface area contributed by atoms with Gasteiger partial charge < -0.3 is 15.1 Å². The van der Waals surface area contributed by atoms with Crippen molar-refractivity contribution < 1.29 is 4.42 Å². The standard InChI is InChI=1S/C26H28N6O/c1-2-4-21(5-3-1)18-32-13-8-23(9-14-32)30-25-24(22-10-15-33-19-22)17-29-26(31-25)28-16-20-6-11-27-12-7-20/h1-7,10-12,15,17,19,23H,8-9,13-14,16,18H2,(H2,28,29,30,31). The zero-order chi connectivity index (χ0) is 22.3. The molecule has 5 rings (SSSR count). The van der Waals surface area contributed by atoms with E-state index in [-0.39, 0.29) is 0 Å². The van der Waals surface area contributed by atoms with Gasteiger partial charge in [-0.05, 0) is 42.2 Å². The molecule has 1 saturated heterocycles. The van der Waals surface area contributed by atoms with Gasteiger partial charge in [0.1, 0.15) is 5.82 Å². The summed E-state index contributed by atoms with van der Waals surface area (Å²) in [5.41, 5.74) is 4.42. The second-order valence-electron chi connectivity index (χ2n) is 8.36. The quantitative estimate of drug-likeness (QED) is 0.407. The van der Waals surface area contributed by atoms with E-state index in [0.29, 0.717) is 18.5 Å². The lowest BCUT2D eigenvalue weighted by atomic mass is 10.0. The molecule has 1 aliphatic heterocycles. The molecule has 1 fully saturated rings. The number of hydrogen-bond acceptors (Lipinski definition) is 7. The molecule has 1 aliphatic rings. The van der Waals surface area contributed by atoms with Gasteiger partial charge in [0.25, 0.3) is 0 Å². The van der Waals surface area contributed by atoms with E-state index in [1.807, 2.05) is 24.4 Å². The number of hydrogen-bond donors (Lipinski definition) is 2. The minimum absolute atomic E-state index is 0.366. The Balaban J connectivity index is 1.26. The minimum atomic E-state index is 0.366. The van der Waals surface area contributed by atoms with Crippen LogP contribution >= 0.6 is 0 Å². The smallest absolute Gasteiger partial charge is 0.224 e. The number of nitrogens with zero attached hydrogens (tertiary/aromatic N) is 4. The number of likely N-dealkylation sites (tertiary alicyclic amines) is 1. The summed E-state index contributed by atoms with van der Waals surface area (Å²) in [4.78, 5) is 15.9. The second-order valence-corrected chi connectivity index (χ2v) is 8.36. The molecule has 4 heterocycles. The van der Waals surface area contributed by atoms with Gasteiger partial charge in [0.05, 0.1) is 12.5 Å². The molecule has 0 radical (unpaired) electrons. The van der Waals surface area contributed by atoms with Crippen molar-refractivity contribution in [2.75, 3.05) is 23.7 Å². The fourth-order valence-corrected chi connectivity index (χ4v) is 4.16. The molecular formula is C26H28N6O. The van der Waals surface area contributed by atoms with Gasteiger partial charge in [-0.3, -0.25) is 9.88 Å². The molecule has 168 valence electrons. The summed E-state index contributed by atoms with van der Waals surface area (Å²) in [6.45, 7) is 3.77. The molecule has 0 spiro atoms. The molecular weight excluding hydrogens is 412 g/mol. The zero-order valence-electron chi connectivity index (χ0n) is 18.5. The lowest BCUT2D eigenvalue weighted by molar-refractivity contribution is 0.211. The molecule has 0 saturated carbocycles. The molecule has 2 N–H and O–H groups in total. The Morgan fingerprint density at radius 1 is 0.970 bits per heavy atom. The van der Waals surface area contributed by atoms with Gasteiger partial charge in [-0.15, -0.1) is 0 Å². The number of rotatable bonds is 8. The molecule has 3 aromatic heterocycles. The first-order chi connectivity index (χ1) is 16.3. The van der Waals surface area contributed by atoms with E-state index in [1.54, 1.807) is 24.9 Å². The third-order valence-electron chi connectivity index (χ3n) is 6.00. The van der Waals surface area contributed by atoms with Crippen LogP contribution < -0.4 is 10.6 Å². The van der Waals surface area contributed by atoms with Crippen LogP contribution in [0, 0.1) is 0 Å². The van der Waals surface area contributed by atoms with Gasteiger partial charge in [0, 0.05) is 61.9 Å². The Morgan fingerprint density at radius 2 is 1.79 bits per heavy atom. The van der Waals surface area contributed by atoms with E-state index in [1.165, 1.54) is 5.56 Å². The largest absolute Gasteiger partial charge is 0.472 e. The van der Waals surface area contributed by atoms with Crippen LogP contribution in [0.2, 0.25) is 0 Å². The van der Waals surface area contributed by atoms with Gasteiger partial charge in [0.15, 0.2) is 0 Å². The molecule has 1 aromatic carbocycles. The average Bonchev–Trinajstić information content (AvgIpc) is 3.40. The second kappa shape index (κ2) is 10.3. The van der Waals surface area contributed by atoms with Crippen molar-refractivity contribution in [3.63, 3.8) is 0 Å². The van der Waals surface area contributed by atoms with Crippen LogP contribution in [0.5, 0.6) is 0 Å². The van der Waals surface area contributed by atoms with Crippen molar-refractivity contribution in [1.82, 2.24) is 19.9 Å². The van der Waals surface area contributed by atoms with E-state index >= 15 is 0 Å². The zero-order valence-corrected chi connectivity index (χ0v) is 18.5. The van der Waals surface area contributed by atoms with Crippen LogP contribution in [0.4, 0.5) is 11.8 Å². The van der Waals surface area contributed by atoms with Crippen LogP contribution in [0.15, 0.2) is 84.1 Å². The van der Waals surface area contributed by atoms with E-state index in [2.05, 4.69) is 55.8 Å². The van der Waals surface area contributed by atoms with Crippen LogP contribution in [0.1, 0.15) is 24.0 Å². The molecule has 7 heteroatoms. The lowest BCUT2D eigenvalue weighted by Crippen LogP contribution is -2.38. The number of nitrogens with one attached hydrogen (secondary N) is 2. The fraction of sp³-hybridized carbons (Fsp3) is 0.269. The van der Waals surface area contributed by atoms with E-state index < -0.39 is 0 Å². The first-order valence-electron chi connectivity index (χ1n) is 11.4. The Morgan fingerprint density at radius 3 is 2.55 bits per heavy atom. The lowest BCUT2D eigenvalue weighted by Gasteiger charge is -2.33. The predicted octanol–water partition coefficient (Wildman–Crippen LogP) is 4.82. The van der Waals surface area contributed by atoms with Crippen LogP contribution in [0.3, 0.4) is 0 Å². The molecule has 0 atom stereocenters. The van der Waals surface area contributed by atoms with Gasteiger partial charge in [-0.25, -0.2) is 4.98 Å². The number of piperidine rings is 1. The highest BCUT2D eigenvalue weighted by Crippen LogP contribution is 2.29. The molecule has 0 bridgehead atoms. The van der Waals surface area contributed by atoms with E-state index in [0.717, 1.165) is 55.0 Å². The van der Waals surface area contributed by atoms with Crippen molar-refractivity contribution in [3.8, 4) is 11.1 Å². The Bertz CT molecular complexity index is 1130. The highest BCUT2D eigenvalue weighted by Gasteiger charge is 2.21. The monoisotopic (exact) mass is 440 g/mol. The van der Waals surface area contributed by atoms with Gasteiger partial charge in [-0.1, -0.05) is 30.3 Å². The topological polar surface area (TPSA) is 79.1 Å². The summed E-state index contributed by atoms with van der Waals surface area (Å²) in [7, 11) is 0. The van der Waals surface area contributed by atoms with Crippen molar-refractivity contribution in [1.29, 1.82) is 0 Å². The fourth-order valence-electron chi connectivity index (χ4n) is 4.16. The van der Waals surface area contributed by atoms with Crippen molar-refractivity contribution in [2.45, 2.75) is 32.0 Å².